The molecule has 0 fully saturated rings. The Hall–Kier alpha value is -4.85. The van der Waals surface area contributed by atoms with Gasteiger partial charge in [-0.3, -0.25) is 10.1 Å². The molecule has 0 radical (unpaired) electrons. The lowest BCUT2D eigenvalue weighted by molar-refractivity contribution is -0.384. The van der Waals surface area contributed by atoms with Crippen LogP contribution in [0.1, 0.15) is 46.5 Å². The van der Waals surface area contributed by atoms with E-state index in [1.165, 1.54) is 12.1 Å². The van der Waals surface area contributed by atoms with Crippen LogP contribution < -0.4 is 15.0 Å². The van der Waals surface area contributed by atoms with Gasteiger partial charge in [-0.1, -0.05) is 18.2 Å². The molecule has 0 aliphatic carbocycles. The average molecular weight is 522 g/mol. The number of ether oxygens (including phenoxy) is 2. The third kappa shape index (κ3) is 3.79. The first-order valence-corrected chi connectivity index (χ1v) is 12.9. The summed E-state index contributed by atoms with van der Waals surface area (Å²) in [6.45, 7) is 7.88. The maximum atomic E-state index is 13.2. The van der Waals surface area contributed by atoms with Gasteiger partial charge in [0, 0.05) is 65.0 Å². The Morgan fingerprint density at radius 3 is 2.33 bits per heavy atom. The number of fused-ring (bicyclic) bond motifs is 6. The van der Waals surface area contributed by atoms with Crippen LogP contribution in [0.4, 0.5) is 22.7 Å². The highest BCUT2D eigenvalue weighted by Gasteiger charge is 2.53. The van der Waals surface area contributed by atoms with Gasteiger partial charge in [-0.05, 0) is 68.8 Å². The fraction of sp³-hybridized carbons (Fsp3) is 0.194. The number of aryl methyl sites for hydroxylation is 1. The minimum Gasteiger partial charge on any atom is -0.456 e. The van der Waals surface area contributed by atoms with Crippen molar-refractivity contribution in [3.63, 3.8) is 0 Å². The highest BCUT2D eigenvalue weighted by atomic mass is 16.6. The second kappa shape index (κ2) is 9.16. The largest absolute Gasteiger partial charge is 0.456 e. The van der Waals surface area contributed by atoms with Gasteiger partial charge in [0.1, 0.15) is 11.5 Å². The van der Waals surface area contributed by atoms with Crippen molar-refractivity contribution in [2.24, 2.45) is 0 Å². The molecule has 8 nitrogen and oxygen atoms in total. The molecule has 2 heterocycles. The summed E-state index contributed by atoms with van der Waals surface area (Å²) in [5, 5.41) is 14.4. The zero-order valence-corrected chi connectivity index (χ0v) is 21.9. The Morgan fingerprint density at radius 2 is 1.62 bits per heavy atom. The van der Waals surface area contributed by atoms with Crippen molar-refractivity contribution in [2.45, 2.75) is 26.4 Å². The van der Waals surface area contributed by atoms with E-state index in [0.29, 0.717) is 28.3 Å². The number of hydrogen-bond acceptors (Lipinski definition) is 7. The van der Waals surface area contributed by atoms with Crippen molar-refractivity contribution in [1.29, 1.82) is 0 Å². The molecular formula is C31H27N3O5. The van der Waals surface area contributed by atoms with Crippen molar-refractivity contribution in [3.05, 3.63) is 117 Å². The van der Waals surface area contributed by atoms with E-state index in [0.717, 1.165) is 41.2 Å². The molecule has 0 bridgehead atoms. The number of hydrogen-bond donors (Lipinski definition) is 1. The number of nitro benzene ring substituents is 1. The predicted octanol–water partition coefficient (Wildman–Crippen LogP) is 7.06. The first-order chi connectivity index (χ1) is 18.8. The summed E-state index contributed by atoms with van der Waals surface area (Å²) in [4.78, 5) is 26.1. The van der Waals surface area contributed by atoms with E-state index in [9.17, 15) is 14.9 Å². The number of rotatable bonds is 6. The highest BCUT2D eigenvalue weighted by molar-refractivity contribution is 5.97. The van der Waals surface area contributed by atoms with Crippen molar-refractivity contribution < 1.29 is 19.2 Å². The summed E-state index contributed by atoms with van der Waals surface area (Å²) in [6, 6.07) is 23.6. The van der Waals surface area contributed by atoms with Crippen LogP contribution in [0, 0.1) is 17.0 Å². The summed E-state index contributed by atoms with van der Waals surface area (Å²) >= 11 is 0. The number of anilines is 3. The zero-order valence-electron chi connectivity index (χ0n) is 21.9. The quantitative estimate of drug-likeness (QED) is 0.165. The van der Waals surface area contributed by atoms with Gasteiger partial charge in [0.25, 0.3) is 5.69 Å². The van der Waals surface area contributed by atoms with E-state index >= 15 is 0 Å². The number of carbonyl (C=O) groups excluding carboxylic acids is 1. The van der Waals surface area contributed by atoms with Crippen LogP contribution in [0.25, 0.3) is 0 Å². The highest BCUT2D eigenvalue weighted by Crippen LogP contribution is 2.57. The Labute approximate surface area is 225 Å². The van der Waals surface area contributed by atoms with Gasteiger partial charge in [-0.25, -0.2) is 4.79 Å². The molecule has 6 rings (SSSR count). The van der Waals surface area contributed by atoms with E-state index in [2.05, 4.69) is 24.1 Å². The van der Waals surface area contributed by atoms with Gasteiger partial charge in [-0.2, -0.15) is 0 Å². The van der Waals surface area contributed by atoms with E-state index in [4.69, 9.17) is 9.47 Å². The number of esters is 1. The lowest BCUT2D eigenvalue weighted by atomic mass is 9.77. The lowest BCUT2D eigenvalue weighted by Crippen LogP contribution is -2.33. The summed E-state index contributed by atoms with van der Waals surface area (Å²) in [7, 11) is 0. The summed E-state index contributed by atoms with van der Waals surface area (Å²) in [5.74, 6) is 0.866. The van der Waals surface area contributed by atoms with Crippen LogP contribution >= 0.6 is 0 Å². The van der Waals surface area contributed by atoms with Gasteiger partial charge in [0.15, 0.2) is 5.60 Å². The topological polar surface area (TPSA) is 93.9 Å². The Kier molecular flexibility index (Phi) is 5.75. The lowest BCUT2D eigenvalue weighted by Gasteiger charge is -2.37. The number of nitrogens with zero attached hydrogens (tertiary/aromatic N) is 2. The SMILES string of the molecule is CCN(CC)c1ccc2c(c1)Oc1cc(C)c(Nc3ccc([N+](=O)[O-])cc3)cc1C21OC(=O)c2ccccc21. The smallest absolute Gasteiger partial charge is 0.340 e. The van der Waals surface area contributed by atoms with E-state index in [1.807, 2.05) is 55.5 Å². The van der Waals surface area contributed by atoms with Crippen molar-refractivity contribution >= 4 is 28.7 Å². The number of nitrogens with one attached hydrogen (secondary N) is 1. The maximum Gasteiger partial charge on any atom is 0.340 e. The molecule has 4 aromatic carbocycles. The van der Waals surface area contributed by atoms with Crippen LogP contribution in [0.3, 0.4) is 0 Å². The molecule has 0 saturated heterocycles. The fourth-order valence-electron chi connectivity index (χ4n) is 5.55. The monoisotopic (exact) mass is 521 g/mol. The normalized spacial score (nSPS) is 16.5. The van der Waals surface area contributed by atoms with Crippen LogP contribution in [0.15, 0.2) is 78.9 Å². The molecule has 4 aromatic rings. The fourth-order valence-corrected chi connectivity index (χ4v) is 5.55. The second-order valence-electron chi connectivity index (χ2n) is 9.66. The summed E-state index contributed by atoms with van der Waals surface area (Å²) in [6.07, 6.45) is 0. The molecule has 2 aliphatic rings. The Balaban J connectivity index is 1.53. The minimum atomic E-state index is -1.18. The average Bonchev–Trinajstić information content (AvgIpc) is 3.23. The number of benzene rings is 4. The standard InChI is InChI=1S/C31H27N3O5/c1-4-33(5-2)22-14-15-25-29(17-22)38-28-16-19(3)27(32-20-10-12-21(13-11-20)34(36)37)18-26(28)31(25)24-9-7-6-8-23(24)30(35)39-31/h6-18,32H,4-5H2,1-3H3. The van der Waals surface area contributed by atoms with Crippen LogP contribution in [0.5, 0.6) is 11.5 Å². The van der Waals surface area contributed by atoms with Crippen LogP contribution in [-0.2, 0) is 10.3 Å². The first-order valence-electron chi connectivity index (χ1n) is 12.9. The summed E-state index contributed by atoms with van der Waals surface area (Å²) in [5.41, 5.74) is 5.00. The second-order valence-corrected chi connectivity index (χ2v) is 9.66. The van der Waals surface area contributed by atoms with E-state index in [1.54, 1.807) is 18.2 Å². The molecular weight excluding hydrogens is 494 g/mol. The van der Waals surface area contributed by atoms with Gasteiger partial charge < -0.3 is 19.7 Å². The molecule has 196 valence electrons. The number of non-ortho nitro benzene ring substituents is 1. The third-order valence-corrected chi connectivity index (χ3v) is 7.53. The number of carbonyl (C=O) groups is 1. The van der Waals surface area contributed by atoms with Crippen LogP contribution in [0.2, 0.25) is 0 Å². The molecule has 1 unspecified atom stereocenters. The molecule has 39 heavy (non-hydrogen) atoms. The van der Waals surface area contributed by atoms with Crippen molar-refractivity contribution in [1.82, 2.24) is 0 Å². The molecule has 8 heteroatoms. The van der Waals surface area contributed by atoms with E-state index in [-0.39, 0.29) is 11.7 Å². The first kappa shape index (κ1) is 24.5. The van der Waals surface area contributed by atoms with Gasteiger partial charge >= 0.3 is 5.97 Å². The maximum absolute atomic E-state index is 13.2. The third-order valence-electron chi connectivity index (χ3n) is 7.53. The Morgan fingerprint density at radius 1 is 0.897 bits per heavy atom. The van der Waals surface area contributed by atoms with Crippen LogP contribution in [-0.4, -0.2) is 24.0 Å². The van der Waals surface area contributed by atoms with E-state index < -0.39 is 10.5 Å². The van der Waals surface area contributed by atoms with Gasteiger partial charge in [0.05, 0.1) is 10.5 Å². The molecule has 0 saturated carbocycles. The van der Waals surface area contributed by atoms with Crippen molar-refractivity contribution in [3.8, 4) is 11.5 Å². The molecule has 1 atom stereocenters. The van der Waals surface area contributed by atoms with Gasteiger partial charge in [-0.15, -0.1) is 0 Å². The molecule has 0 aromatic heterocycles. The molecule has 1 N–H and O–H groups in total. The minimum absolute atomic E-state index is 0.0187. The predicted molar refractivity (Wildman–Crippen MR) is 149 cm³/mol. The Bertz CT molecular complexity index is 1630. The zero-order chi connectivity index (χ0) is 27.3. The molecule has 1 spiro atoms. The number of nitro groups is 1. The van der Waals surface area contributed by atoms with Crippen molar-refractivity contribution in [2.75, 3.05) is 23.3 Å². The summed E-state index contributed by atoms with van der Waals surface area (Å²) < 4.78 is 12.8. The molecule has 2 aliphatic heterocycles. The van der Waals surface area contributed by atoms with Gasteiger partial charge in [0.2, 0.25) is 0 Å². The molecule has 0 amide bonds.